The van der Waals surface area contributed by atoms with Crippen LogP contribution in [0, 0.1) is 5.82 Å². The first-order valence-corrected chi connectivity index (χ1v) is 8.15. The van der Waals surface area contributed by atoms with Crippen molar-refractivity contribution in [3.63, 3.8) is 0 Å². The summed E-state index contributed by atoms with van der Waals surface area (Å²) in [6.07, 6.45) is 3.14. The van der Waals surface area contributed by atoms with Gasteiger partial charge in [-0.3, -0.25) is 0 Å². The average molecular weight is 305 g/mol. The fourth-order valence-electron chi connectivity index (χ4n) is 3.37. The van der Waals surface area contributed by atoms with Crippen LogP contribution >= 0.6 is 0 Å². The molecule has 0 N–H and O–H groups in total. The standard InChI is InChI=1S/C17H24FN3O/c1-19-10-12-20(13-11-19)17(22)21-9-3-2-4-16(21)14-5-7-15(18)8-6-14/h5-8,16H,2-4,9-13H2,1H3/t16-/m1/s1. The summed E-state index contributed by atoms with van der Waals surface area (Å²) in [5.74, 6) is -0.225. The zero-order valence-corrected chi connectivity index (χ0v) is 13.2. The van der Waals surface area contributed by atoms with Crippen LogP contribution in [0.15, 0.2) is 24.3 Å². The molecule has 2 heterocycles. The van der Waals surface area contributed by atoms with Gasteiger partial charge in [0.15, 0.2) is 0 Å². The number of hydrogen-bond acceptors (Lipinski definition) is 2. The molecule has 4 nitrogen and oxygen atoms in total. The Bertz CT molecular complexity index is 511. The van der Waals surface area contributed by atoms with Crippen molar-refractivity contribution in [1.29, 1.82) is 0 Å². The van der Waals surface area contributed by atoms with E-state index in [4.69, 9.17) is 0 Å². The number of rotatable bonds is 1. The molecule has 22 heavy (non-hydrogen) atoms. The Morgan fingerprint density at radius 3 is 2.41 bits per heavy atom. The maximum atomic E-state index is 13.1. The second kappa shape index (κ2) is 6.65. The van der Waals surface area contributed by atoms with Crippen LogP contribution in [0.2, 0.25) is 0 Å². The van der Waals surface area contributed by atoms with E-state index >= 15 is 0 Å². The van der Waals surface area contributed by atoms with E-state index in [1.165, 1.54) is 12.1 Å². The molecule has 5 heteroatoms. The molecule has 2 fully saturated rings. The Hall–Kier alpha value is -1.62. The minimum absolute atomic E-state index is 0.0847. The van der Waals surface area contributed by atoms with Gasteiger partial charge in [0.25, 0.3) is 0 Å². The van der Waals surface area contributed by atoms with Gasteiger partial charge in [0.2, 0.25) is 0 Å². The van der Waals surface area contributed by atoms with Gasteiger partial charge in [-0.25, -0.2) is 9.18 Å². The van der Waals surface area contributed by atoms with Crippen LogP contribution < -0.4 is 0 Å². The van der Waals surface area contributed by atoms with Crippen molar-refractivity contribution < 1.29 is 9.18 Å². The van der Waals surface area contributed by atoms with E-state index < -0.39 is 0 Å². The molecule has 2 aliphatic heterocycles. The minimum atomic E-state index is -0.225. The Morgan fingerprint density at radius 2 is 1.73 bits per heavy atom. The van der Waals surface area contributed by atoms with Gasteiger partial charge < -0.3 is 14.7 Å². The summed E-state index contributed by atoms with van der Waals surface area (Å²) in [7, 11) is 2.09. The summed E-state index contributed by atoms with van der Waals surface area (Å²) in [5.41, 5.74) is 1.04. The molecular formula is C17H24FN3O. The number of halogens is 1. The third-order valence-electron chi connectivity index (χ3n) is 4.78. The Morgan fingerprint density at radius 1 is 1.05 bits per heavy atom. The molecule has 0 saturated carbocycles. The average Bonchev–Trinajstić information content (AvgIpc) is 2.56. The fourth-order valence-corrected chi connectivity index (χ4v) is 3.37. The van der Waals surface area contributed by atoms with Crippen molar-refractivity contribution in [3.05, 3.63) is 35.6 Å². The first kappa shape index (κ1) is 15.3. The number of piperazine rings is 1. The number of carbonyl (C=O) groups is 1. The van der Waals surface area contributed by atoms with Crippen LogP contribution in [0.25, 0.3) is 0 Å². The zero-order valence-electron chi connectivity index (χ0n) is 13.2. The lowest BCUT2D eigenvalue weighted by Gasteiger charge is -2.41. The van der Waals surface area contributed by atoms with E-state index in [-0.39, 0.29) is 17.9 Å². The number of urea groups is 1. The highest BCUT2D eigenvalue weighted by atomic mass is 19.1. The lowest BCUT2D eigenvalue weighted by molar-refractivity contribution is 0.0950. The number of likely N-dealkylation sites (N-methyl/N-ethyl adjacent to an activating group) is 1. The molecule has 120 valence electrons. The molecule has 0 radical (unpaired) electrons. The van der Waals surface area contributed by atoms with Crippen molar-refractivity contribution in [3.8, 4) is 0 Å². The normalized spacial score (nSPS) is 23.6. The number of likely N-dealkylation sites (tertiary alicyclic amines) is 1. The van der Waals surface area contributed by atoms with Crippen LogP contribution in [-0.2, 0) is 0 Å². The Balaban J connectivity index is 1.74. The van der Waals surface area contributed by atoms with E-state index in [1.807, 2.05) is 21.9 Å². The third kappa shape index (κ3) is 3.24. The lowest BCUT2D eigenvalue weighted by atomic mass is 9.95. The molecule has 2 aliphatic rings. The first-order chi connectivity index (χ1) is 10.6. The molecule has 2 amide bonds. The SMILES string of the molecule is CN1CCN(C(=O)N2CCCC[C@@H]2c2ccc(F)cc2)CC1. The largest absolute Gasteiger partial charge is 0.322 e. The van der Waals surface area contributed by atoms with Gasteiger partial charge in [-0.05, 0) is 44.0 Å². The zero-order chi connectivity index (χ0) is 15.5. The minimum Gasteiger partial charge on any atom is -0.322 e. The summed E-state index contributed by atoms with van der Waals surface area (Å²) < 4.78 is 13.1. The van der Waals surface area contributed by atoms with Gasteiger partial charge in [0.1, 0.15) is 5.82 Å². The second-order valence-corrected chi connectivity index (χ2v) is 6.33. The van der Waals surface area contributed by atoms with E-state index in [1.54, 1.807) is 0 Å². The number of benzene rings is 1. The van der Waals surface area contributed by atoms with Gasteiger partial charge in [-0.15, -0.1) is 0 Å². The predicted octanol–water partition coefficient (Wildman–Crippen LogP) is 2.72. The second-order valence-electron chi connectivity index (χ2n) is 6.33. The van der Waals surface area contributed by atoms with E-state index in [0.717, 1.165) is 57.5 Å². The summed E-state index contributed by atoms with van der Waals surface area (Å²) in [5, 5.41) is 0. The molecule has 0 spiro atoms. The molecule has 0 aromatic heterocycles. The molecule has 2 saturated heterocycles. The molecule has 1 aromatic rings. The van der Waals surface area contributed by atoms with E-state index in [9.17, 15) is 9.18 Å². The van der Waals surface area contributed by atoms with Gasteiger partial charge in [0, 0.05) is 32.7 Å². The Labute approximate surface area is 131 Å². The van der Waals surface area contributed by atoms with Crippen molar-refractivity contribution in [1.82, 2.24) is 14.7 Å². The molecule has 0 bridgehead atoms. The topological polar surface area (TPSA) is 26.8 Å². The quantitative estimate of drug-likeness (QED) is 0.797. The van der Waals surface area contributed by atoms with Crippen LogP contribution in [0.5, 0.6) is 0 Å². The summed E-state index contributed by atoms with van der Waals surface area (Å²) in [4.78, 5) is 19.1. The number of carbonyl (C=O) groups excluding carboxylic acids is 1. The van der Waals surface area contributed by atoms with Crippen molar-refractivity contribution in [2.75, 3.05) is 39.8 Å². The monoisotopic (exact) mass is 305 g/mol. The maximum absolute atomic E-state index is 13.1. The summed E-state index contributed by atoms with van der Waals surface area (Å²) in [6, 6.07) is 6.83. The molecular weight excluding hydrogens is 281 g/mol. The molecule has 1 aromatic carbocycles. The van der Waals surface area contributed by atoms with Gasteiger partial charge in [-0.2, -0.15) is 0 Å². The smallest absolute Gasteiger partial charge is 0.320 e. The summed E-state index contributed by atoms with van der Waals surface area (Å²) >= 11 is 0. The van der Waals surface area contributed by atoms with Crippen LogP contribution in [0.1, 0.15) is 30.9 Å². The lowest BCUT2D eigenvalue weighted by Crippen LogP contribution is -2.53. The van der Waals surface area contributed by atoms with Gasteiger partial charge >= 0.3 is 6.03 Å². The van der Waals surface area contributed by atoms with Crippen LogP contribution in [-0.4, -0.2) is 60.5 Å². The van der Waals surface area contributed by atoms with Crippen molar-refractivity contribution in [2.45, 2.75) is 25.3 Å². The summed E-state index contributed by atoms with van der Waals surface area (Å²) in [6.45, 7) is 4.25. The van der Waals surface area contributed by atoms with Crippen LogP contribution in [0.3, 0.4) is 0 Å². The molecule has 0 unspecified atom stereocenters. The number of hydrogen-bond donors (Lipinski definition) is 0. The fraction of sp³-hybridized carbons (Fsp3) is 0.588. The van der Waals surface area contributed by atoms with Gasteiger partial charge in [0.05, 0.1) is 6.04 Å². The predicted molar refractivity (Wildman–Crippen MR) is 84.2 cm³/mol. The van der Waals surface area contributed by atoms with E-state index in [2.05, 4.69) is 11.9 Å². The third-order valence-corrected chi connectivity index (χ3v) is 4.78. The highest BCUT2D eigenvalue weighted by Crippen LogP contribution is 2.32. The van der Waals surface area contributed by atoms with Gasteiger partial charge in [-0.1, -0.05) is 12.1 Å². The Kier molecular flexibility index (Phi) is 4.62. The molecule has 3 rings (SSSR count). The first-order valence-electron chi connectivity index (χ1n) is 8.15. The van der Waals surface area contributed by atoms with Crippen LogP contribution in [0.4, 0.5) is 9.18 Å². The number of nitrogens with zero attached hydrogens (tertiary/aromatic N) is 3. The highest BCUT2D eigenvalue weighted by molar-refractivity contribution is 5.75. The highest BCUT2D eigenvalue weighted by Gasteiger charge is 2.31. The van der Waals surface area contributed by atoms with E-state index in [0.29, 0.717) is 0 Å². The molecule has 1 atom stereocenters. The number of amides is 2. The maximum Gasteiger partial charge on any atom is 0.320 e. The van der Waals surface area contributed by atoms with Crippen molar-refractivity contribution in [2.24, 2.45) is 0 Å². The molecule has 0 aliphatic carbocycles. The van der Waals surface area contributed by atoms with Crippen molar-refractivity contribution >= 4 is 6.03 Å². The number of piperidine rings is 1.